The number of nitrogens with two attached hydrogens (primary N) is 2. The number of carboxylic acids is 1. The number of carbonyl (C=O) groups excluding carboxylic acids is 2. The summed E-state index contributed by atoms with van der Waals surface area (Å²) in [6, 6.07) is -2.72. The Morgan fingerprint density at radius 1 is 1.26 bits per heavy atom. The number of urea groups is 1. The van der Waals surface area contributed by atoms with Gasteiger partial charge in [0.05, 0.1) is 6.04 Å². The van der Waals surface area contributed by atoms with E-state index in [0.29, 0.717) is 0 Å². The number of ether oxygens (including phenoxy) is 1. The van der Waals surface area contributed by atoms with Crippen molar-refractivity contribution in [1.29, 1.82) is 0 Å². The average molecular weight is 444 g/mol. The Balaban J connectivity index is 2.09. The molecule has 172 valence electrons. The van der Waals surface area contributed by atoms with E-state index in [0.717, 1.165) is 16.8 Å². The first-order valence-electron chi connectivity index (χ1n) is 9.18. The van der Waals surface area contributed by atoms with Crippen molar-refractivity contribution in [2.24, 2.45) is 11.5 Å². The molecule has 2 heterocycles. The van der Waals surface area contributed by atoms with Crippen LogP contribution in [0, 0.1) is 0 Å². The zero-order chi connectivity index (χ0) is 23.3. The van der Waals surface area contributed by atoms with Gasteiger partial charge in [0.2, 0.25) is 5.91 Å². The van der Waals surface area contributed by atoms with Gasteiger partial charge in [-0.3, -0.25) is 19.1 Å². The second-order valence-electron chi connectivity index (χ2n) is 6.85. The highest BCUT2D eigenvalue weighted by Gasteiger charge is 2.50. The van der Waals surface area contributed by atoms with Crippen LogP contribution in [0.25, 0.3) is 0 Å². The van der Waals surface area contributed by atoms with Crippen LogP contribution in [0.4, 0.5) is 4.79 Å². The molecule has 1 fully saturated rings. The highest BCUT2D eigenvalue weighted by molar-refractivity contribution is 5.87. The minimum absolute atomic E-state index is 0.0878. The number of aromatic amines is 1. The molecule has 0 saturated carbocycles. The van der Waals surface area contributed by atoms with E-state index in [4.69, 9.17) is 16.2 Å². The van der Waals surface area contributed by atoms with E-state index in [1.807, 2.05) is 4.98 Å². The summed E-state index contributed by atoms with van der Waals surface area (Å²) >= 11 is 0. The first-order chi connectivity index (χ1) is 14.5. The molecule has 6 atom stereocenters. The highest BCUT2D eigenvalue weighted by atomic mass is 16.6. The van der Waals surface area contributed by atoms with Gasteiger partial charge >= 0.3 is 17.7 Å². The molecule has 10 N–H and O–H groups in total. The van der Waals surface area contributed by atoms with Crippen LogP contribution < -0.4 is 33.3 Å². The molecule has 1 aromatic heterocycles. The molecule has 2 rings (SSSR count). The number of H-pyrrole nitrogens is 1. The van der Waals surface area contributed by atoms with Gasteiger partial charge in [0.1, 0.15) is 18.3 Å². The number of hydrogen-bond donors (Lipinski definition) is 8. The standard InChI is InChI=1S/C16H24N6O9/c17-6(2-1-4-19-15(18)29)12(26)21-8(14(27)28)11-9(24)10(25)13(31-11)22-5-3-7(23)20-16(22)30/h3,5-6,8-11,13,24-25H,1-2,4,17H2,(H,21,26)(H,27,28)(H3,18,19,29)(H,20,23,30)/t6?,8-,9+,10-,11-,13-/m1/s1. The van der Waals surface area contributed by atoms with Gasteiger partial charge < -0.3 is 42.2 Å². The molecule has 1 aromatic rings. The minimum Gasteiger partial charge on any atom is -0.480 e. The molecule has 1 aliphatic heterocycles. The molecule has 1 saturated heterocycles. The second kappa shape index (κ2) is 10.2. The largest absolute Gasteiger partial charge is 0.480 e. The number of amides is 3. The van der Waals surface area contributed by atoms with Crippen LogP contribution in [-0.4, -0.2) is 79.7 Å². The predicted molar refractivity (Wildman–Crippen MR) is 102 cm³/mol. The van der Waals surface area contributed by atoms with Gasteiger partial charge in [-0.25, -0.2) is 14.4 Å². The lowest BCUT2D eigenvalue weighted by Gasteiger charge is -2.24. The summed E-state index contributed by atoms with van der Waals surface area (Å²) in [6.07, 6.45) is -5.30. The molecule has 1 aliphatic rings. The first-order valence-corrected chi connectivity index (χ1v) is 9.18. The van der Waals surface area contributed by atoms with Crippen LogP contribution >= 0.6 is 0 Å². The van der Waals surface area contributed by atoms with Gasteiger partial charge in [-0.1, -0.05) is 0 Å². The van der Waals surface area contributed by atoms with Crippen LogP contribution in [0.1, 0.15) is 19.1 Å². The lowest BCUT2D eigenvalue weighted by atomic mass is 10.0. The topological polar surface area (TPSA) is 252 Å². The lowest BCUT2D eigenvalue weighted by Crippen LogP contribution is -2.56. The first kappa shape index (κ1) is 24.0. The number of aromatic nitrogens is 2. The van der Waals surface area contributed by atoms with Gasteiger partial charge in [-0.15, -0.1) is 0 Å². The van der Waals surface area contributed by atoms with E-state index in [9.17, 15) is 39.3 Å². The number of aliphatic carboxylic acids is 1. The van der Waals surface area contributed by atoms with Crippen LogP contribution in [0.5, 0.6) is 0 Å². The summed E-state index contributed by atoms with van der Waals surface area (Å²) in [5, 5.41) is 34.4. The fraction of sp³-hybridized carbons (Fsp3) is 0.562. The van der Waals surface area contributed by atoms with Crippen molar-refractivity contribution in [3.63, 3.8) is 0 Å². The SMILES string of the molecule is NC(=O)NCCCC(N)C(=O)N[C@@H](C(=O)O)[C@H]1O[C@@H](n2ccc(=O)[nH]c2=O)[C@H](O)[C@@H]1O. The number of carbonyl (C=O) groups is 3. The molecule has 15 nitrogen and oxygen atoms in total. The Kier molecular flexibility index (Phi) is 7.87. The van der Waals surface area contributed by atoms with Gasteiger partial charge in [-0.05, 0) is 12.8 Å². The Morgan fingerprint density at radius 2 is 1.94 bits per heavy atom. The van der Waals surface area contributed by atoms with Crippen LogP contribution in [-0.2, 0) is 14.3 Å². The van der Waals surface area contributed by atoms with Crippen LogP contribution in [0.15, 0.2) is 21.9 Å². The molecule has 15 heteroatoms. The molecule has 0 bridgehead atoms. The van der Waals surface area contributed by atoms with Crippen molar-refractivity contribution in [3.8, 4) is 0 Å². The Hall–Kier alpha value is -3.27. The number of nitrogens with one attached hydrogen (secondary N) is 3. The molecular formula is C16H24N6O9. The zero-order valence-electron chi connectivity index (χ0n) is 16.1. The lowest BCUT2D eigenvalue weighted by molar-refractivity contribution is -0.149. The molecule has 1 unspecified atom stereocenters. The molecule has 0 spiro atoms. The third-order valence-corrected chi connectivity index (χ3v) is 4.62. The monoisotopic (exact) mass is 444 g/mol. The number of aliphatic hydroxyl groups is 2. The molecule has 3 amide bonds. The summed E-state index contributed by atoms with van der Waals surface area (Å²) in [4.78, 5) is 59.6. The maximum atomic E-state index is 12.3. The number of aliphatic hydroxyl groups excluding tert-OH is 2. The summed E-state index contributed by atoms with van der Waals surface area (Å²) in [7, 11) is 0. The molecule has 0 aliphatic carbocycles. The van der Waals surface area contributed by atoms with E-state index in [-0.39, 0.29) is 19.4 Å². The number of carboxylic acid groups (broad SMARTS) is 1. The number of nitrogens with zero attached hydrogens (tertiary/aromatic N) is 1. The number of rotatable bonds is 9. The molecule has 31 heavy (non-hydrogen) atoms. The Bertz CT molecular complexity index is 931. The van der Waals surface area contributed by atoms with E-state index in [1.54, 1.807) is 0 Å². The summed E-state index contributed by atoms with van der Waals surface area (Å²) < 4.78 is 6.14. The smallest absolute Gasteiger partial charge is 0.330 e. The second-order valence-corrected chi connectivity index (χ2v) is 6.85. The highest BCUT2D eigenvalue weighted by Crippen LogP contribution is 2.30. The summed E-state index contributed by atoms with van der Waals surface area (Å²) in [6.45, 7) is 0.158. The van der Waals surface area contributed by atoms with Crippen molar-refractivity contribution in [2.45, 2.75) is 49.5 Å². The summed E-state index contributed by atoms with van der Waals surface area (Å²) in [5.41, 5.74) is 8.97. The van der Waals surface area contributed by atoms with Crippen molar-refractivity contribution in [3.05, 3.63) is 33.1 Å². The van der Waals surface area contributed by atoms with Crippen molar-refractivity contribution in [1.82, 2.24) is 20.2 Å². The quantitative estimate of drug-likeness (QED) is 0.169. The van der Waals surface area contributed by atoms with E-state index >= 15 is 0 Å². The van der Waals surface area contributed by atoms with Gasteiger partial charge in [0.25, 0.3) is 5.56 Å². The van der Waals surface area contributed by atoms with Crippen LogP contribution in [0.3, 0.4) is 0 Å². The maximum Gasteiger partial charge on any atom is 0.330 e. The van der Waals surface area contributed by atoms with Crippen molar-refractivity contribution in [2.75, 3.05) is 6.54 Å². The third-order valence-electron chi connectivity index (χ3n) is 4.62. The number of primary amides is 1. The van der Waals surface area contributed by atoms with E-state index in [2.05, 4.69) is 10.6 Å². The summed E-state index contributed by atoms with van der Waals surface area (Å²) in [5.74, 6) is -2.46. The maximum absolute atomic E-state index is 12.3. The predicted octanol–water partition coefficient (Wildman–Crippen LogP) is -4.50. The average Bonchev–Trinajstić information content (AvgIpc) is 2.97. The minimum atomic E-state index is -1.81. The molecule has 0 aromatic carbocycles. The Morgan fingerprint density at radius 3 is 2.52 bits per heavy atom. The van der Waals surface area contributed by atoms with E-state index < -0.39 is 65.8 Å². The normalized spacial score (nSPS) is 24.9. The number of hydrogen-bond acceptors (Lipinski definition) is 9. The van der Waals surface area contributed by atoms with Gasteiger partial charge in [0, 0.05) is 18.8 Å². The Labute approximate surface area is 174 Å². The zero-order valence-corrected chi connectivity index (χ0v) is 16.1. The fourth-order valence-corrected chi connectivity index (χ4v) is 3.03. The fourth-order valence-electron chi connectivity index (χ4n) is 3.03. The van der Waals surface area contributed by atoms with Crippen LogP contribution in [0.2, 0.25) is 0 Å². The van der Waals surface area contributed by atoms with Gasteiger partial charge in [0.15, 0.2) is 12.3 Å². The van der Waals surface area contributed by atoms with Crippen molar-refractivity contribution >= 4 is 17.9 Å². The van der Waals surface area contributed by atoms with Crippen molar-refractivity contribution < 1.29 is 34.4 Å². The third kappa shape index (κ3) is 5.88. The van der Waals surface area contributed by atoms with Gasteiger partial charge in [-0.2, -0.15) is 0 Å². The molecule has 0 radical (unpaired) electrons. The molecular weight excluding hydrogens is 420 g/mol. The van der Waals surface area contributed by atoms with E-state index in [1.165, 1.54) is 0 Å².